The first kappa shape index (κ1) is 19.3. The summed E-state index contributed by atoms with van der Waals surface area (Å²) in [5.41, 5.74) is -0.422. The Kier molecular flexibility index (Phi) is 6.16. The lowest BCUT2D eigenvalue weighted by atomic mass is 10.1. The van der Waals surface area contributed by atoms with Crippen LogP contribution in [-0.4, -0.2) is 39.8 Å². The van der Waals surface area contributed by atoms with E-state index in [0.29, 0.717) is 0 Å². The molecule has 132 valence electrons. The number of aromatic hydroxyl groups is 1. The molecule has 0 saturated heterocycles. The summed E-state index contributed by atoms with van der Waals surface area (Å²) in [7, 11) is 0. The van der Waals surface area contributed by atoms with E-state index in [4.69, 9.17) is 4.74 Å². The highest BCUT2D eigenvalue weighted by molar-refractivity contribution is 5.89. The molecule has 8 nitrogen and oxygen atoms in total. The van der Waals surface area contributed by atoms with Gasteiger partial charge in [-0.1, -0.05) is 12.1 Å². The molecule has 0 radical (unpaired) electrons. The fraction of sp³-hybridized carbons (Fsp3) is 0.438. The molecule has 1 rings (SSSR count). The van der Waals surface area contributed by atoms with Gasteiger partial charge in [-0.2, -0.15) is 0 Å². The number of carbonyl (C=O) groups is 3. The molecule has 1 aromatic rings. The first-order valence-corrected chi connectivity index (χ1v) is 7.31. The highest BCUT2D eigenvalue weighted by Crippen LogP contribution is 2.17. The van der Waals surface area contributed by atoms with Gasteiger partial charge >= 0.3 is 12.1 Å². The Balaban J connectivity index is 2.73. The highest BCUT2D eigenvalue weighted by Gasteiger charge is 2.26. The number of ether oxygens (including phenoxy) is 1. The fourth-order valence-corrected chi connectivity index (χ4v) is 1.77. The number of phenolic OH excluding ortho intramolecular Hbond substituents is 1. The van der Waals surface area contributed by atoms with Crippen molar-refractivity contribution in [3.63, 3.8) is 0 Å². The fourth-order valence-electron chi connectivity index (χ4n) is 1.77. The Labute approximate surface area is 139 Å². The summed E-state index contributed by atoms with van der Waals surface area (Å²) in [6.45, 7) is 6.46. The highest BCUT2D eigenvalue weighted by atomic mass is 16.6. The summed E-state index contributed by atoms with van der Waals surface area (Å²) in [5, 5.41) is 23.2. The Morgan fingerprint density at radius 3 is 2.08 bits per heavy atom. The number of rotatable bonds is 5. The number of nitrogens with one attached hydrogen (secondary N) is 2. The zero-order chi connectivity index (χ0) is 18.5. The number of aliphatic carboxylic acids is 1. The first-order valence-electron chi connectivity index (χ1n) is 7.31. The van der Waals surface area contributed by atoms with E-state index >= 15 is 0 Å². The number of carbonyl (C=O) groups excluding carboxylic acids is 2. The smallest absolute Gasteiger partial charge is 0.408 e. The largest absolute Gasteiger partial charge is 0.508 e. The third-order valence-electron chi connectivity index (χ3n) is 2.89. The number of amides is 2. The van der Waals surface area contributed by atoms with Gasteiger partial charge in [0, 0.05) is 0 Å². The van der Waals surface area contributed by atoms with Crippen LogP contribution in [0.25, 0.3) is 0 Å². The monoisotopic (exact) mass is 338 g/mol. The lowest BCUT2D eigenvalue weighted by Crippen LogP contribution is -2.48. The van der Waals surface area contributed by atoms with E-state index in [1.54, 1.807) is 20.8 Å². The van der Waals surface area contributed by atoms with Gasteiger partial charge in [-0.25, -0.2) is 9.59 Å². The molecule has 24 heavy (non-hydrogen) atoms. The van der Waals surface area contributed by atoms with Gasteiger partial charge < -0.3 is 25.6 Å². The van der Waals surface area contributed by atoms with Crippen LogP contribution in [0.1, 0.15) is 39.3 Å². The maximum atomic E-state index is 12.1. The van der Waals surface area contributed by atoms with E-state index in [1.807, 2.05) is 0 Å². The van der Waals surface area contributed by atoms with Crippen molar-refractivity contribution in [2.45, 2.75) is 45.4 Å². The predicted octanol–water partition coefficient (Wildman–Crippen LogP) is 1.55. The van der Waals surface area contributed by atoms with Crippen LogP contribution >= 0.6 is 0 Å². The van der Waals surface area contributed by atoms with E-state index < -0.39 is 35.7 Å². The average Bonchev–Trinajstić information content (AvgIpc) is 2.43. The average molecular weight is 338 g/mol. The van der Waals surface area contributed by atoms with Crippen LogP contribution in [0.4, 0.5) is 4.79 Å². The summed E-state index contributed by atoms with van der Waals surface area (Å²) in [5.74, 6) is -1.96. The molecule has 0 heterocycles. The molecule has 4 N–H and O–H groups in total. The molecule has 0 saturated carbocycles. The number of carboxylic acid groups (broad SMARTS) is 1. The molecular formula is C16H22N2O6. The molecule has 0 bridgehead atoms. The predicted molar refractivity (Wildman–Crippen MR) is 85.5 cm³/mol. The van der Waals surface area contributed by atoms with Gasteiger partial charge in [0.05, 0.1) is 0 Å². The van der Waals surface area contributed by atoms with E-state index in [0.717, 1.165) is 0 Å². The van der Waals surface area contributed by atoms with Crippen LogP contribution in [0.5, 0.6) is 5.75 Å². The molecule has 0 aliphatic heterocycles. The van der Waals surface area contributed by atoms with Crippen molar-refractivity contribution in [2.75, 3.05) is 0 Å². The lowest BCUT2D eigenvalue weighted by molar-refractivity contribution is -0.142. The van der Waals surface area contributed by atoms with Gasteiger partial charge in [0.2, 0.25) is 5.91 Å². The maximum Gasteiger partial charge on any atom is 0.408 e. The Bertz CT molecular complexity index is 606. The minimum Gasteiger partial charge on any atom is -0.508 e. The second kappa shape index (κ2) is 7.67. The van der Waals surface area contributed by atoms with Crippen molar-refractivity contribution in [2.24, 2.45) is 0 Å². The summed E-state index contributed by atoms with van der Waals surface area (Å²) >= 11 is 0. The molecule has 2 amide bonds. The van der Waals surface area contributed by atoms with E-state index in [2.05, 4.69) is 10.6 Å². The molecule has 2 unspecified atom stereocenters. The van der Waals surface area contributed by atoms with Gasteiger partial charge in [0.1, 0.15) is 17.4 Å². The number of hydrogen-bond acceptors (Lipinski definition) is 5. The van der Waals surface area contributed by atoms with E-state index in [1.165, 1.54) is 31.2 Å². The van der Waals surface area contributed by atoms with Crippen molar-refractivity contribution in [1.82, 2.24) is 10.6 Å². The quantitative estimate of drug-likeness (QED) is 0.645. The van der Waals surface area contributed by atoms with Gasteiger partial charge in [-0.05, 0) is 45.4 Å². The molecule has 0 aliphatic rings. The van der Waals surface area contributed by atoms with Crippen LogP contribution in [0.2, 0.25) is 0 Å². The number of hydrogen-bond donors (Lipinski definition) is 4. The van der Waals surface area contributed by atoms with E-state index in [-0.39, 0.29) is 11.3 Å². The Morgan fingerprint density at radius 2 is 1.62 bits per heavy atom. The SMILES string of the molecule is CC(NC(=O)OC(C)(C)C)C(=O)NC(C(=O)O)c1ccc(O)cc1. The number of benzene rings is 1. The van der Waals surface area contributed by atoms with Crippen molar-refractivity contribution >= 4 is 18.0 Å². The summed E-state index contributed by atoms with van der Waals surface area (Å²) in [4.78, 5) is 35.1. The van der Waals surface area contributed by atoms with Crippen LogP contribution < -0.4 is 10.6 Å². The molecule has 0 aromatic heterocycles. The maximum absolute atomic E-state index is 12.1. The van der Waals surface area contributed by atoms with Gasteiger partial charge in [0.15, 0.2) is 6.04 Å². The van der Waals surface area contributed by atoms with Gasteiger partial charge in [-0.3, -0.25) is 4.79 Å². The topological polar surface area (TPSA) is 125 Å². The lowest BCUT2D eigenvalue weighted by Gasteiger charge is -2.22. The van der Waals surface area contributed by atoms with Crippen LogP contribution in [0.3, 0.4) is 0 Å². The molecule has 0 aliphatic carbocycles. The number of carboxylic acids is 1. The molecular weight excluding hydrogens is 316 g/mol. The first-order chi connectivity index (χ1) is 11.0. The molecule has 0 spiro atoms. The minimum absolute atomic E-state index is 0.0193. The van der Waals surface area contributed by atoms with Crippen molar-refractivity contribution in [3.05, 3.63) is 29.8 Å². The van der Waals surface area contributed by atoms with Crippen molar-refractivity contribution < 1.29 is 29.3 Å². The summed E-state index contributed by atoms with van der Waals surface area (Å²) < 4.78 is 5.03. The Morgan fingerprint density at radius 1 is 1.08 bits per heavy atom. The van der Waals surface area contributed by atoms with Crippen molar-refractivity contribution in [3.8, 4) is 5.75 Å². The van der Waals surface area contributed by atoms with Crippen LogP contribution in [-0.2, 0) is 14.3 Å². The number of alkyl carbamates (subject to hydrolysis) is 1. The summed E-state index contributed by atoms with van der Waals surface area (Å²) in [6, 6.07) is 3.13. The van der Waals surface area contributed by atoms with Gasteiger partial charge in [0.25, 0.3) is 0 Å². The van der Waals surface area contributed by atoms with Gasteiger partial charge in [-0.15, -0.1) is 0 Å². The zero-order valence-electron chi connectivity index (χ0n) is 14.0. The molecule has 2 atom stereocenters. The molecule has 1 aromatic carbocycles. The third-order valence-corrected chi connectivity index (χ3v) is 2.89. The second-order valence-corrected chi connectivity index (χ2v) is 6.24. The second-order valence-electron chi connectivity index (χ2n) is 6.24. The minimum atomic E-state index is -1.30. The zero-order valence-corrected chi connectivity index (χ0v) is 14.0. The number of phenols is 1. The van der Waals surface area contributed by atoms with Crippen molar-refractivity contribution in [1.29, 1.82) is 0 Å². The standard InChI is InChI=1S/C16H22N2O6/c1-9(17-15(23)24-16(2,3)4)13(20)18-12(14(21)22)10-5-7-11(19)8-6-10/h5-9,12,19H,1-4H3,(H,17,23)(H,18,20)(H,21,22). The molecule has 0 fully saturated rings. The molecule has 8 heteroatoms. The van der Waals surface area contributed by atoms with E-state index in [9.17, 15) is 24.6 Å². The van der Waals surface area contributed by atoms with Crippen LogP contribution in [0.15, 0.2) is 24.3 Å². The third kappa shape index (κ3) is 6.15. The van der Waals surface area contributed by atoms with Crippen LogP contribution in [0, 0.1) is 0 Å². The normalized spacial score (nSPS) is 13.5. The summed E-state index contributed by atoms with van der Waals surface area (Å²) in [6.07, 6.45) is -0.776. The Hall–Kier alpha value is -2.77.